The van der Waals surface area contributed by atoms with Crippen LogP contribution in [0.15, 0.2) is 48.6 Å². The van der Waals surface area contributed by atoms with Crippen molar-refractivity contribution in [2.24, 2.45) is 0 Å². The van der Waals surface area contributed by atoms with Gasteiger partial charge in [-0.2, -0.15) is 6.42 Å². The Balaban J connectivity index is -0.0000000832. The van der Waals surface area contributed by atoms with Crippen LogP contribution in [-0.2, 0) is 0 Å². The summed E-state index contributed by atoms with van der Waals surface area (Å²) in [5.41, 5.74) is 5.02. The Bertz CT molecular complexity index is 339. The van der Waals surface area contributed by atoms with Crippen LogP contribution >= 0.6 is 47.8 Å². The molecule has 0 nitrogen and oxygen atoms in total. The SMILES string of the molecule is C=C(C)CCCC(=C)CCBr.C=C(C)C[CH2-].C=C(CBr)CCBr.[Br-].[Mg+2]. The number of hydrogen-bond acceptors (Lipinski definition) is 0. The molecule has 25 heavy (non-hydrogen) atoms. The molecule has 0 atom stereocenters. The zero-order valence-electron chi connectivity index (χ0n) is 16.1. The fourth-order valence-electron chi connectivity index (χ4n) is 1.10. The van der Waals surface area contributed by atoms with Crippen molar-refractivity contribution in [2.75, 3.05) is 16.0 Å². The second-order valence-corrected chi connectivity index (χ2v) is 7.68. The van der Waals surface area contributed by atoms with E-state index in [0.717, 1.165) is 53.7 Å². The van der Waals surface area contributed by atoms with Gasteiger partial charge in [-0.3, -0.25) is 0 Å². The minimum Gasteiger partial charge on any atom is -1.00 e. The van der Waals surface area contributed by atoms with E-state index in [-0.39, 0.29) is 40.0 Å². The zero-order chi connectivity index (χ0) is 18.7. The Hall–Kier alpha value is 1.65. The molecule has 0 saturated heterocycles. The molecule has 0 fully saturated rings. The van der Waals surface area contributed by atoms with Crippen molar-refractivity contribution in [2.45, 2.75) is 52.4 Å². The molecular weight excluding hydrogens is 584 g/mol. The molecule has 0 rings (SSSR count). The molecule has 0 unspecified atom stereocenters. The smallest absolute Gasteiger partial charge is 1.00 e. The molecule has 0 amide bonds. The van der Waals surface area contributed by atoms with E-state index in [1.54, 1.807) is 0 Å². The van der Waals surface area contributed by atoms with Gasteiger partial charge >= 0.3 is 23.1 Å². The molecule has 0 aliphatic carbocycles. The first-order chi connectivity index (χ1) is 10.7. The van der Waals surface area contributed by atoms with Gasteiger partial charge in [0, 0.05) is 16.0 Å². The van der Waals surface area contributed by atoms with E-state index in [4.69, 9.17) is 0 Å². The van der Waals surface area contributed by atoms with Gasteiger partial charge in [-0.1, -0.05) is 77.7 Å². The molecule has 0 saturated carbocycles. The van der Waals surface area contributed by atoms with Crippen LogP contribution in [0.1, 0.15) is 52.4 Å². The van der Waals surface area contributed by atoms with Gasteiger partial charge in [-0.15, -0.1) is 18.7 Å². The average Bonchev–Trinajstić information content (AvgIpc) is 2.48. The van der Waals surface area contributed by atoms with Crippen molar-refractivity contribution in [1.29, 1.82) is 0 Å². The summed E-state index contributed by atoms with van der Waals surface area (Å²) in [6.07, 6.45) is 6.54. The minimum absolute atomic E-state index is 0. The molecule has 0 aromatic rings. The summed E-state index contributed by atoms with van der Waals surface area (Å²) < 4.78 is 0. The molecule has 0 spiro atoms. The molecule has 0 aliphatic heterocycles. The summed E-state index contributed by atoms with van der Waals surface area (Å²) in [6.45, 7) is 22.9. The van der Waals surface area contributed by atoms with Gasteiger partial charge in [0.1, 0.15) is 0 Å². The topological polar surface area (TPSA) is 0 Å². The van der Waals surface area contributed by atoms with E-state index in [1.807, 2.05) is 6.92 Å². The first kappa shape index (κ1) is 37.4. The van der Waals surface area contributed by atoms with E-state index in [9.17, 15) is 0 Å². The summed E-state index contributed by atoms with van der Waals surface area (Å²) >= 11 is 10.00. The van der Waals surface area contributed by atoms with Crippen LogP contribution in [0.4, 0.5) is 0 Å². The summed E-state index contributed by atoms with van der Waals surface area (Å²) in [4.78, 5) is 0. The molecule has 0 bridgehead atoms. The maximum atomic E-state index is 3.98. The van der Waals surface area contributed by atoms with Gasteiger partial charge < -0.3 is 23.9 Å². The molecule has 5 heteroatoms. The standard InChI is InChI=1S/C10H17Br.C5H8Br2.C5H9.BrH.Mg/c1-9(2)5-4-6-10(3)7-8-11;1-5(4-7)2-3-6;1-4-5(2)3;;/h1,3-8H2,2H3;1-4H2;1-2,4H2,3H3;1H;/q;;-1;;+2/p-1. The second kappa shape index (κ2) is 30.4. The van der Waals surface area contributed by atoms with Crippen molar-refractivity contribution in [1.82, 2.24) is 0 Å². The van der Waals surface area contributed by atoms with E-state index < -0.39 is 0 Å². The van der Waals surface area contributed by atoms with Crippen LogP contribution in [0.3, 0.4) is 0 Å². The normalized spacial score (nSPS) is 8.24. The zero-order valence-corrected chi connectivity index (χ0v) is 23.9. The Morgan fingerprint density at radius 3 is 1.40 bits per heavy atom. The van der Waals surface area contributed by atoms with Crippen LogP contribution in [0.5, 0.6) is 0 Å². The third-order valence-electron chi connectivity index (χ3n) is 2.65. The Labute approximate surface area is 209 Å². The van der Waals surface area contributed by atoms with E-state index in [0.29, 0.717) is 0 Å². The maximum absolute atomic E-state index is 3.98. The summed E-state index contributed by atoms with van der Waals surface area (Å²) in [5, 5.41) is 2.99. The van der Waals surface area contributed by atoms with Gasteiger partial charge in [0.05, 0.1) is 0 Å². The van der Waals surface area contributed by atoms with Crippen LogP contribution in [-0.4, -0.2) is 39.0 Å². The van der Waals surface area contributed by atoms with E-state index in [1.165, 1.54) is 23.1 Å². The van der Waals surface area contributed by atoms with Crippen LogP contribution in [0.2, 0.25) is 0 Å². The number of alkyl halides is 3. The van der Waals surface area contributed by atoms with Crippen molar-refractivity contribution in [3.05, 3.63) is 55.5 Å². The van der Waals surface area contributed by atoms with Crippen molar-refractivity contribution in [3.8, 4) is 0 Å². The molecular formula is C20H34Br4Mg. The Morgan fingerprint density at radius 1 is 0.760 bits per heavy atom. The quantitative estimate of drug-likeness (QED) is 0.137. The summed E-state index contributed by atoms with van der Waals surface area (Å²) in [7, 11) is 0. The minimum atomic E-state index is 0. The van der Waals surface area contributed by atoms with Gasteiger partial charge in [0.2, 0.25) is 0 Å². The first-order valence-corrected chi connectivity index (χ1v) is 11.2. The molecule has 0 aliphatic rings. The summed E-state index contributed by atoms with van der Waals surface area (Å²) in [5.74, 6) is 0. The Morgan fingerprint density at radius 2 is 1.16 bits per heavy atom. The van der Waals surface area contributed by atoms with Gasteiger partial charge in [-0.25, -0.2) is 0 Å². The largest absolute Gasteiger partial charge is 2.00 e. The van der Waals surface area contributed by atoms with Crippen LogP contribution in [0, 0.1) is 6.92 Å². The molecule has 144 valence electrons. The predicted octanol–water partition coefficient (Wildman–Crippen LogP) is 5.21. The molecule has 0 radical (unpaired) electrons. The van der Waals surface area contributed by atoms with E-state index in [2.05, 4.69) is 88.0 Å². The maximum Gasteiger partial charge on any atom is 2.00 e. The van der Waals surface area contributed by atoms with Crippen molar-refractivity contribution >= 4 is 70.8 Å². The number of hydrogen-bond donors (Lipinski definition) is 0. The molecule has 0 heterocycles. The second-order valence-electron chi connectivity index (χ2n) is 5.53. The fourth-order valence-corrected chi connectivity index (χ4v) is 2.50. The number of allylic oxidation sites excluding steroid dienone is 4. The first-order valence-electron chi connectivity index (χ1n) is 7.84. The van der Waals surface area contributed by atoms with Gasteiger partial charge in [-0.05, 0) is 46.0 Å². The molecule has 0 N–H and O–H groups in total. The van der Waals surface area contributed by atoms with Crippen molar-refractivity contribution < 1.29 is 17.0 Å². The van der Waals surface area contributed by atoms with Crippen molar-refractivity contribution in [3.63, 3.8) is 0 Å². The third kappa shape index (κ3) is 46.1. The Kier molecular flexibility index (Phi) is 45.4. The predicted molar refractivity (Wildman–Crippen MR) is 128 cm³/mol. The number of rotatable bonds is 10. The monoisotopic (exact) mass is 614 g/mol. The van der Waals surface area contributed by atoms with Gasteiger partial charge in [0.15, 0.2) is 0 Å². The third-order valence-corrected chi connectivity index (χ3v) is 4.23. The fraction of sp³-hybridized carbons (Fsp3) is 0.550. The summed E-state index contributed by atoms with van der Waals surface area (Å²) in [6, 6.07) is 0. The van der Waals surface area contributed by atoms with E-state index >= 15 is 0 Å². The molecule has 0 aromatic carbocycles. The molecule has 0 aromatic heterocycles. The van der Waals surface area contributed by atoms with Crippen LogP contribution < -0.4 is 17.0 Å². The number of halogens is 4. The van der Waals surface area contributed by atoms with Gasteiger partial charge in [0.25, 0.3) is 0 Å². The van der Waals surface area contributed by atoms with Crippen LogP contribution in [0.25, 0.3) is 0 Å². The average molecular weight is 618 g/mol.